The molecule has 33 heavy (non-hydrogen) atoms. The fourth-order valence-corrected chi connectivity index (χ4v) is 4.58. The summed E-state index contributed by atoms with van der Waals surface area (Å²) in [7, 11) is -3.89. The van der Waals surface area contributed by atoms with E-state index in [9.17, 15) is 4.57 Å². The number of unbranched alkanes of at least 4 members (excludes halogenated alkanes) is 1. The quantitative estimate of drug-likeness (QED) is 0.200. The summed E-state index contributed by atoms with van der Waals surface area (Å²) in [6.07, 6.45) is 7.59. The highest BCUT2D eigenvalue weighted by atomic mass is 31.2. The first-order valence-corrected chi connectivity index (χ1v) is 14.1. The minimum atomic E-state index is -3.89. The molecule has 0 aromatic heterocycles. The van der Waals surface area contributed by atoms with Gasteiger partial charge in [-0.2, -0.15) is 0 Å². The molecule has 3 N–H and O–H groups in total. The van der Waals surface area contributed by atoms with Crippen molar-refractivity contribution in [2.75, 3.05) is 19.3 Å². The minimum Gasteiger partial charge on any atom is -0.494 e. The van der Waals surface area contributed by atoms with Crippen LogP contribution in [0.5, 0.6) is 5.75 Å². The molecule has 184 valence electrons. The van der Waals surface area contributed by atoms with Gasteiger partial charge in [-0.3, -0.25) is 4.57 Å². The Morgan fingerprint density at radius 1 is 0.939 bits per heavy atom. The second-order valence-corrected chi connectivity index (χ2v) is 11.0. The second-order valence-electron chi connectivity index (χ2n) is 9.18. The number of aryl methyl sites for hydroxylation is 2. The van der Waals surface area contributed by atoms with Crippen molar-refractivity contribution in [1.29, 1.82) is 0 Å². The Hall–Kier alpha value is -1.65. The minimum absolute atomic E-state index is 0.0727. The van der Waals surface area contributed by atoms with Gasteiger partial charge in [-0.05, 0) is 86.4 Å². The Kier molecular flexibility index (Phi) is 12.2. The van der Waals surface area contributed by atoms with Crippen molar-refractivity contribution in [1.82, 2.24) is 5.32 Å². The molecule has 0 saturated carbocycles. The van der Waals surface area contributed by atoms with Crippen molar-refractivity contribution in [3.8, 4) is 5.75 Å². The van der Waals surface area contributed by atoms with Gasteiger partial charge in [0, 0.05) is 6.54 Å². The van der Waals surface area contributed by atoms with Gasteiger partial charge in [-0.1, -0.05) is 56.5 Å². The molecule has 0 saturated heterocycles. The van der Waals surface area contributed by atoms with Crippen LogP contribution in [0.1, 0.15) is 67.7 Å². The number of hydrogen-bond donors (Lipinski definition) is 3. The molecule has 0 radical (unpaired) electrons. The molecule has 2 rings (SSSR count). The summed E-state index contributed by atoms with van der Waals surface area (Å²) in [6.45, 7) is 8.63. The number of benzene rings is 2. The molecule has 0 heterocycles. The van der Waals surface area contributed by atoms with Crippen molar-refractivity contribution in [2.24, 2.45) is 5.92 Å². The van der Waals surface area contributed by atoms with Crippen molar-refractivity contribution in [2.45, 2.75) is 72.3 Å². The van der Waals surface area contributed by atoms with E-state index in [1.807, 2.05) is 24.3 Å². The van der Waals surface area contributed by atoms with Crippen LogP contribution in [0, 0.1) is 19.8 Å². The molecule has 2 aromatic rings. The maximum Gasteiger partial charge on any atom is 0.325 e. The maximum absolute atomic E-state index is 10.9. The van der Waals surface area contributed by atoms with E-state index in [2.05, 4.69) is 44.3 Å². The average molecular weight is 476 g/mol. The number of rotatable bonds is 16. The van der Waals surface area contributed by atoms with Crippen LogP contribution in [0.4, 0.5) is 0 Å². The first-order chi connectivity index (χ1) is 15.8. The van der Waals surface area contributed by atoms with Gasteiger partial charge >= 0.3 is 7.60 Å². The van der Waals surface area contributed by atoms with Crippen LogP contribution in [-0.4, -0.2) is 29.1 Å². The third-order valence-electron chi connectivity index (χ3n) is 6.14. The third kappa shape index (κ3) is 11.9. The zero-order valence-electron chi connectivity index (χ0n) is 20.6. The first kappa shape index (κ1) is 27.6. The smallest absolute Gasteiger partial charge is 0.325 e. The Bertz CT molecular complexity index is 863. The topological polar surface area (TPSA) is 78.8 Å². The molecule has 0 amide bonds. The van der Waals surface area contributed by atoms with Crippen LogP contribution in [0.2, 0.25) is 0 Å². The van der Waals surface area contributed by atoms with Crippen molar-refractivity contribution >= 4 is 7.60 Å². The summed E-state index contributed by atoms with van der Waals surface area (Å²) in [5.41, 5.74) is 5.32. The molecule has 0 aliphatic rings. The lowest BCUT2D eigenvalue weighted by Crippen LogP contribution is -2.15. The lowest BCUT2D eigenvalue weighted by Gasteiger charge is -2.18. The van der Waals surface area contributed by atoms with Gasteiger partial charge in [0.2, 0.25) is 0 Å². The molecular formula is C27H42NO4P. The van der Waals surface area contributed by atoms with Gasteiger partial charge in [0.1, 0.15) is 5.75 Å². The third-order valence-corrected chi connectivity index (χ3v) is 7.04. The van der Waals surface area contributed by atoms with E-state index in [1.54, 1.807) is 0 Å². The van der Waals surface area contributed by atoms with Gasteiger partial charge < -0.3 is 19.8 Å². The van der Waals surface area contributed by atoms with Crippen LogP contribution in [0.25, 0.3) is 0 Å². The van der Waals surface area contributed by atoms with Crippen LogP contribution in [0.3, 0.4) is 0 Å². The summed E-state index contributed by atoms with van der Waals surface area (Å²) in [5.74, 6) is 1.59. The van der Waals surface area contributed by atoms with Gasteiger partial charge in [-0.25, -0.2) is 0 Å². The molecule has 6 heteroatoms. The first-order valence-electron chi connectivity index (χ1n) is 12.3. The number of hydrogen-bond acceptors (Lipinski definition) is 3. The van der Waals surface area contributed by atoms with Crippen LogP contribution in [0.15, 0.2) is 42.5 Å². The zero-order valence-corrected chi connectivity index (χ0v) is 21.4. The molecule has 2 aromatic carbocycles. The van der Waals surface area contributed by atoms with Crippen molar-refractivity contribution in [3.05, 3.63) is 64.7 Å². The van der Waals surface area contributed by atoms with E-state index in [0.717, 1.165) is 30.8 Å². The fourth-order valence-electron chi connectivity index (χ4n) is 4.01. The Labute approximate surface area is 200 Å². The Morgan fingerprint density at radius 2 is 1.64 bits per heavy atom. The summed E-state index contributed by atoms with van der Waals surface area (Å²) in [6, 6.07) is 14.9. The molecule has 0 spiro atoms. The molecule has 0 aliphatic heterocycles. The standard InChI is InChI=1S/C27H42NO4P/c1-4-5-8-24(20-26-11-10-22(2)23(3)19-26)9-6-17-32-27-14-12-25(13-15-27)21-28-16-7-18-33(29,30)31/h10-15,19,24,28H,4-9,16-18,20-21H2,1-3H3,(H2,29,30,31). The van der Waals surface area contributed by atoms with Gasteiger partial charge in [0.05, 0.1) is 12.8 Å². The van der Waals surface area contributed by atoms with Gasteiger partial charge in [0.25, 0.3) is 0 Å². The van der Waals surface area contributed by atoms with E-state index in [4.69, 9.17) is 14.5 Å². The van der Waals surface area contributed by atoms with Crippen LogP contribution >= 0.6 is 7.60 Å². The van der Waals surface area contributed by atoms with Crippen LogP contribution < -0.4 is 10.1 Å². The lowest BCUT2D eigenvalue weighted by molar-refractivity contribution is 0.286. The molecule has 5 nitrogen and oxygen atoms in total. The number of ether oxygens (including phenoxy) is 1. The van der Waals surface area contributed by atoms with Crippen molar-refractivity contribution < 1.29 is 19.1 Å². The molecule has 0 fully saturated rings. The largest absolute Gasteiger partial charge is 0.494 e. The number of nitrogens with one attached hydrogen (secondary N) is 1. The van der Waals surface area contributed by atoms with Gasteiger partial charge in [-0.15, -0.1) is 0 Å². The van der Waals surface area contributed by atoms with E-state index in [1.165, 1.54) is 42.4 Å². The highest BCUT2D eigenvalue weighted by Crippen LogP contribution is 2.34. The van der Waals surface area contributed by atoms with Crippen LogP contribution in [-0.2, 0) is 17.5 Å². The Balaban J connectivity index is 1.70. The summed E-state index contributed by atoms with van der Waals surface area (Å²) in [4.78, 5) is 17.8. The predicted molar refractivity (Wildman–Crippen MR) is 137 cm³/mol. The monoisotopic (exact) mass is 475 g/mol. The molecule has 0 aliphatic carbocycles. The zero-order chi connectivity index (χ0) is 24.1. The summed E-state index contributed by atoms with van der Waals surface area (Å²) < 4.78 is 16.8. The summed E-state index contributed by atoms with van der Waals surface area (Å²) >= 11 is 0. The maximum atomic E-state index is 10.9. The van der Waals surface area contributed by atoms with Gasteiger partial charge in [0.15, 0.2) is 0 Å². The molecular weight excluding hydrogens is 433 g/mol. The molecule has 0 bridgehead atoms. The highest BCUT2D eigenvalue weighted by molar-refractivity contribution is 7.51. The predicted octanol–water partition coefficient (Wildman–Crippen LogP) is 6.17. The van der Waals surface area contributed by atoms with Crippen molar-refractivity contribution in [3.63, 3.8) is 0 Å². The SMILES string of the molecule is CCCCC(CCCOc1ccc(CNCCCP(=O)(O)O)cc1)Cc1ccc(C)c(C)c1. The Morgan fingerprint density at radius 3 is 2.30 bits per heavy atom. The summed E-state index contributed by atoms with van der Waals surface area (Å²) in [5, 5.41) is 3.22. The molecule has 1 atom stereocenters. The average Bonchev–Trinajstić information content (AvgIpc) is 2.77. The lowest BCUT2D eigenvalue weighted by atomic mass is 9.89. The van der Waals surface area contributed by atoms with E-state index >= 15 is 0 Å². The normalized spacial score (nSPS) is 12.6. The second kappa shape index (κ2) is 14.6. The molecule has 1 unspecified atom stereocenters. The van der Waals surface area contributed by atoms with E-state index in [-0.39, 0.29) is 6.16 Å². The van der Waals surface area contributed by atoms with E-state index in [0.29, 0.717) is 25.4 Å². The highest BCUT2D eigenvalue weighted by Gasteiger charge is 2.12. The fraction of sp³-hybridized carbons (Fsp3) is 0.556. The van der Waals surface area contributed by atoms with E-state index < -0.39 is 7.60 Å².